The lowest BCUT2D eigenvalue weighted by molar-refractivity contribution is -0.144. The highest BCUT2D eigenvalue weighted by atomic mass is 16.2. The molecule has 0 aromatic heterocycles. The molecular weight excluding hydrogens is 646 g/mol. The third-order valence-corrected chi connectivity index (χ3v) is 11.5. The van der Waals surface area contributed by atoms with Crippen molar-refractivity contribution in [1.82, 2.24) is 26.2 Å². The van der Waals surface area contributed by atoms with Crippen molar-refractivity contribution in [3.8, 4) is 0 Å². The molecule has 1 saturated heterocycles. The number of Topliss-reactive ketones (excluding diaryl/α,β-unsaturated/α-hetero) is 2. The molecule has 11 heteroatoms. The van der Waals surface area contributed by atoms with Gasteiger partial charge in [0.25, 0.3) is 5.91 Å². The lowest BCUT2D eigenvalue weighted by atomic mass is 9.81. The molecule has 3 fully saturated rings. The number of carbonyl (C=O) groups excluding carboxylic acids is 6. The van der Waals surface area contributed by atoms with Gasteiger partial charge in [0.1, 0.15) is 12.1 Å². The van der Waals surface area contributed by atoms with Gasteiger partial charge in [-0.05, 0) is 86.2 Å². The van der Waals surface area contributed by atoms with Crippen LogP contribution in [0.5, 0.6) is 0 Å². The minimum atomic E-state index is -1.04. The second-order valence-corrected chi connectivity index (χ2v) is 15.5. The number of rotatable bonds is 16. The summed E-state index contributed by atoms with van der Waals surface area (Å²) in [4.78, 5) is 83.6. The highest BCUT2D eigenvalue weighted by Gasteiger charge is 2.48. The molecule has 3 aliphatic carbocycles. The molecule has 0 spiro atoms. The molecule has 1 aliphatic heterocycles. The van der Waals surface area contributed by atoms with Crippen LogP contribution in [0.4, 0.5) is 4.79 Å². The van der Waals surface area contributed by atoms with E-state index in [0.29, 0.717) is 32.2 Å². The molecule has 5 atom stereocenters. The van der Waals surface area contributed by atoms with Gasteiger partial charge in [0.05, 0.1) is 12.1 Å². The molecule has 2 unspecified atom stereocenters. The van der Waals surface area contributed by atoms with Gasteiger partial charge in [-0.1, -0.05) is 76.8 Å². The van der Waals surface area contributed by atoms with Crippen LogP contribution in [0.15, 0.2) is 36.9 Å². The molecule has 1 heterocycles. The molecule has 5 rings (SSSR count). The Morgan fingerprint density at radius 1 is 0.863 bits per heavy atom. The average Bonchev–Trinajstić information content (AvgIpc) is 3.73. The zero-order valence-electron chi connectivity index (χ0n) is 30.6. The Morgan fingerprint density at radius 2 is 1.51 bits per heavy atom. The van der Waals surface area contributed by atoms with Gasteiger partial charge in [-0.25, -0.2) is 4.79 Å². The summed E-state index contributed by atoms with van der Waals surface area (Å²) in [6, 6.07) is 4.04. The maximum Gasteiger partial charge on any atom is 0.316 e. The molecule has 278 valence electrons. The molecule has 4 N–H and O–H groups in total. The van der Waals surface area contributed by atoms with Crippen LogP contribution in [0.2, 0.25) is 0 Å². The quantitative estimate of drug-likeness (QED) is 0.151. The summed E-state index contributed by atoms with van der Waals surface area (Å²) in [5, 5.41) is 11.4. The highest BCUT2D eigenvalue weighted by molar-refractivity contribution is 6.38. The molecule has 5 amide bonds. The Bertz CT molecular complexity index is 1440. The van der Waals surface area contributed by atoms with Crippen molar-refractivity contribution in [2.75, 3.05) is 13.1 Å². The summed E-state index contributed by atoms with van der Waals surface area (Å²) in [5.74, 6) is -2.59. The van der Waals surface area contributed by atoms with Gasteiger partial charge >= 0.3 is 6.03 Å². The van der Waals surface area contributed by atoms with E-state index in [-0.39, 0.29) is 54.2 Å². The molecule has 2 saturated carbocycles. The first-order chi connectivity index (χ1) is 24.5. The third kappa shape index (κ3) is 9.26. The second kappa shape index (κ2) is 17.5. The summed E-state index contributed by atoms with van der Waals surface area (Å²) in [7, 11) is 0. The average molecular weight is 704 g/mol. The largest absolute Gasteiger partial charge is 0.346 e. The Hall–Kier alpha value is -4.02. The number of likely N-dealkylation sites (tertiary alicyclic amines) is 1. The zero-order chi connectivity index (χ0) is 36.7. The summed E-state index contributed by atoms with van der Waals surface area (Å²) >= 11 is 0. The second-order valence-electron chi connectivity index (χ2n) is 15.5. The molecule has 1 aromatic rings. The van der Waals surface area contributed by atoms with Gasteiger partial charge in [-0.15, -0.1) is 6.58 Å². The number of carbonyl (C=O) groups is 6. The van der Waals surface area contributed by atoms with E-state index in [2.05, 4.69) is 27.8 Å². The maximum absolute atomic E-state index is 14.8. The van der Waals surface area contributed by atoms with Gasteiger partial charge in [0.15, 0.2) is 5.78 Å². The van der Waals surface area contributed by atoms with Crippen molar-refractivity contribution in [1.29, 1.82) is 0 Å². The maximum atomic E-state index is 14.8. The van der Waals surface area contributed by atoms with Gasteiger partial charge in [0, 0.05) is 19.0 Å². The topological polar surface area (TPSA) is 154 Å². The molecule has 11 nitrogen and oxygen atoms in total. The van der Waals surface area contributed by atoms with Gasteiger partial charge < -0.3 is 26.2 Å². The summed E-state index contributed by atoms with van der Waals surface area (Å²) < 4.78 is 0. The lowest BCUT2D eigenvalue weighted by Gasteiger charge is -2.35. The van der Waals surface area contributed by atoms with E-state index in [0.717, 1.165) is 56.1 Å². The minimum Gasteiger partial charge on any atom is -0.346 e. The number of fused-ring (bicyclic) bond motifs is 1. The molecule has 0 bridgehead atoms. The van der Waals surface area contributed by atoms with E-state index < -0.39 is 47.8 Å². The Kier molecular flexibility index (Phi) is 13.1. The fraction of sp³-hybridized carbons (Fsp3) is 0.650. The van der Waals surface area contributed by atoms with E-state index in [4.69, 9.17) is 0 Å². The Labute approximate surface area is 302 Å². The van der Waals surface area contributed by atoms with Gasteiger partial charge in [-0.2, -0.15) is 0 Å². The van der Waals surface area contributed by atoms with Crippen molar-refractivity contribution in [3.63, 3.8) is 0 Å². The number of hydrogen-bond acceptors (Lipinski definition) is 6. The van der Waals surface area contributed by atoms with Crippen molar-refractivity contribution in [3.05, 3.63) is 48.0 Å². The van der Waals surface area contributed by atoms with Crippen LogP contribution in [0.1, 0.15) is 96.1 Å². The molecule has 1 aromatic carbocycles. The van der Waals surface area contributed by atoms with E-state index in [1.165, 1.54) is 6.08 Å². The number of ketones is 2. The van der Waals surface area contributed by atoms with Crippen LogP contribution >= 0.6 is 0 Å². The zero-order valence-corrected chi connectivity index (χ0v) is 30.6. The summed E-state index contributed by atoms with van der Waals surface area (Å²) in [6.45, 7) is 9.90. The van der Waals surface area contributed by atoms with Crippen LogP contribution < -0.4 is 21.3 Å². The number of benzene rings is 1. The number of nitrogens with one attached hydrogen (secondary N) is 4. The normalized spacial score (nSPS) is 22.4. The van der Waals surface area contributed by atoms with Crippen molar-refractivity contribution in [2.24, 2.45) is 29.6 Å². The number of nitrogens with zero attached hydrogens (tertiary/aromatic N) is 1. The third-order valence-electron chi connectivity index (χ3n) is 11.5. The Morgan fingerprint density at radius 3 is 2.10 bits per heavy atom. The van der Waals surface area contributed by atoms with Crippen LogP contribution in [-0.2, 0) is 36.8 Å². The van der Waals surface area contributed by atoms with Gasteiger partial charge in [0.2, 0.25) is 17.6 Å². The van der Waals surface area contributed by atoms with E-state index in [1.54, 1.807) is 4.90 Å². The molecular formula is C40H57N5O6. The van der Waals surface area contributed by atoms with Crippen LogP contribution in [0.3, 0.4) is 0 Å². The summed E-state index contributed by atoms with van der Waals surface area (Å²) in [6.07, 6.45) is 10.7. The van der Waals surface area contributed by atoms with Crippen LogP contribution in [0, 0.1) is 29.6 Å². The first kappa shape index (κ1) is 38.2. The first-order valence-corrected chi connectivity index (χ1v) is 19.2. The Balaban J connectivity index is 1.39. The van der Waals surface area contributed by atoms with Crippen LogP contribution in [-0.4, -0.2) is 77.5 Å². The molecule has 51 heavy (non-hydrogen) atoms. The van der Waals surface area contributed by atoms with Crippen molar-refractivity contribution < 1.29 is 28.8 Å². The molecule has 4 aliphatic rings. The van der Waals surface area contributed by atoms with Crippen LogP contribution in [0.25, 0.3) is 0 Å². The lowest BCUT2D eigenvalue weighted by Crippen LogP contribution is -2.61. The fourth-order valence-corrected chi connectivity index (χ4v) is 8.55. The standard InChI is InChI=1S/C40H57N5O6/c1-5-12-31(36(47)38(49)41-20-6-2)42-37(48)34-30(24(3)4)19-21-45(34)39(50)33(29-22-27-15-10-11-16-28(27)23-29)44-40(51)43-32(35(46)26-17-18-26)25-13-8-7-9-14-25/h6,10-11,15-16,24-26,29-34H,2,5,7-9,12-14,17-23H2,1,3-4H3,(H,41,49)(H,42,48)(H2,43,44,51)/t30?,31?,32-,33-,34-/m0/s1. The summed E-state index contributed by atoms with van der Waals surface area (Å²) in [5.41, 5.74) is 2.25. The fourth-order valence-electron chi connectivity index (χ4n) is 8.55. The monoisotopic (exact) mass is 703 g/mol. The smallest absolute Gasteiger partial charge is 0.316 e. The number of urea groups is 1. The van der Waals surface area contributed by atoms with Crippen molar-refractivity contribution >= 4 is 35.3 Å². The van der Waals surface area contributed by atoms with Crippen molar-refractivity contribution in [2.45, 2.75) is 122 Å². The van der Waals surface area contributed by atoms with E-state index >= 15 is 0 Å². The first-order valence-electron chi connectivity index (χ1n) is 19.2. The number of amides is 5. The minimum absolute atomic E-state index is 0.00713. The highest BCUT2D eigenvalue weighted by Crippen LogP contribution is 2.37. The van der Waals surface area contributed by atoms with E-state index in [1.807, 2.05) is 45.0 Å². The van der Waals surface area contributed by atoms with Gasteiger partial charge in [-0.3, -0.25) is 24.0 Å². The predicted molar refractivity (Wildman–Crippen MR) is 194 cm³/mol. The SMILES string of the molecule is C=CCNC(=O)C(=O)C(CCC)NC(=O)[C@@H]1C(C(C)C)CCN1C(=O)[C@@H](NC(=O)N[C@H](C(=O)C1CC1)C1CCCCC1)C1Cc2ccccc2C1. The van der Waals surface area contributed by atoms with E-state index in [9.17, 15) is 28.8 Å². The molecule has 0 radical (unpaired) electrons. The predicted octanol–water partition coefficient (Wildman–Crippen LogP) is 4.03. The number of hydrogen-bond donors (Lipinski definition) is 4.